The maximum absolute atomic E-state index is 12.5. The highest BCUT2D eigenvalue weighted by Gasteiger charge is 2.20. The molecule has 0 saturated carbocycles. The van der Waals surface area contributed by atoms with Crippen molar-refractivity contribution < 1.29 is 19.1 Å². The fourth-order valence-corrected chi connectivity index (χ4v) is 3.31. The summed E-state index contributed by atoms with van der Waals surface area (Å²) in [6.45, 7) is 2.79. The van der Waals surface area contributed by atoms with E-state index < -0.39 is 5.25 Å². The maximum Gasteiger partial charge on any atom is 0.237 e. The second-order valence-corrected chi connectivity index (χ2v) is 7.34. The lowest BCUT2D eigenvalue weighted by Crippen LogP contribution is -2.23. The summed E-state index contributed by atoms with van der Waals surface area (Å²) >= 11 is 1.29. The van der Waals surface area contributed by atoms with Gasteiger partial charge in [-0.25, -0.2) is 0 Å². The summed E-state index contributed by atoms with van der Waals surface area (Å²) in [5.74, 6) is 1.38. The van der Waals surface area contributed by atoms with Gasteiger partial charge in [-0.05, 0) is 19.1 Å². The molecule has 9 nitrogen and oxygen atoms in total. The molecular weight excluding hydrogens is 370 g/mol. The SMILES string of the molecule is C[C@H](Sc1nnc(CCC(N)=O)n1C)C(=O)Nc1ccc2c(c1)OCCO2. The van der Waals surface area contributed by atoms with Crippen LogP contribution in [0.4, 0.5) is 5.69 Å². The summed E-state index contributed by atoms with van der Waals surface area (Å²) in [6, 6.07) is 5.29. The number of nitrogens with two attached hydrogens (primary N) is 1. The van der Waals surface area contributed by atoms with Gasteiger partial charge in [-0.3, -0.25) is 9.59 Å². The third-order valence-corrected chi connectivity index (χ3v) is 5.12. The molecule has 0 spiro atoms. The van der Waals surface area contributed by atoms with Crippen LogP contribution in [0.1, 0.15) is 19.2 Å². The summed E-state index contributed by atoms with van der Waals surface area (Å²) < 4.78 is 12.8. The van der Waals surface area contributed by atoms with Crippen LogP contribution in [0.5, 0.6) is 11.5 Å². The van der Waals surface area contributed by atoms with Gasteiger partial charge in [0.1, 0.15) is 19.0 Å². The number of nitrogens with one attached hydrogen (secondary N) is 1. The highest BCUT2D eigenvalue weighted by atomic mass is 32.2. The highest BCUT2D eigenvalue weighted by molar-refractivity contribution is 8.00. The minimum atomic E-state index is -0.398. The Kier molecular flexibility index (Phi) is 5.84. The number of ether oxygens (including phenoxy) is 2. The molecule has 1 aliphatic rings. The molecule has 2 amide bonds. The Morgan fingerprint density at radius 2 is 2.04 bits per heavy atom. The number of hydrogen-bond acceptors (Lipinski definition) is 7. The predicted octanol–water partition coefficient (Wildman–Crippen LogP) is 1.12. The zero-order valence-corrected chi connectivity index (χ0v) is 15.9. The van der Waals surface area contributed by atoms with Crippen molar-refractivity contribution in [2.75, 3.05) is 18.5 Å². The maximum atomic E-state index is 12.5. The van der Waals surface area contributed by atoms with E-state index in [0.29, 0.717) is 47.8 Å². The monoisotopic (exact) mass is 391 g/mol. The van der Waals surface area contributed by atoms with Crippen molar-refractivity contribution in [2.45, 2.75) is 30.2 Å². The summed E-state index contributed by atoms with van der Waals surface area (Å²) in [4.78, 5) is 23.4. The highest BCUT2D eigenvalue weighted by Crippen LogP contribution is 2.33. The van der Waals surface area contributed by atoms with E-state index in [0.717, 1.165) is 0 Å². The fourth-order valence-electron chi connectivity index (χ4n) is 2.48. The van der Waals surface area contributed by atoms with E-state index >= 15 is 0 Å². The molecule has 0 radical (unpaired) electrons. The second-order valence-electron chi connectivity index (χ2n) is 6.03. The molecule has 0 bridgehead atoms. The number of benzene rings is 1. The van der Waals surface area contributed by atoms with Gasteiger partial charge in [0.2, 0.25) is 11.8 Å². The first-order valence-electron chi connectivity index (χ1n) is 8.48. The van der Waals surface area contributed by atoms with Crippen molar-refractivity contribution >= 4 is 29.3 Å². The van der Waals surface area contributed by atoms with Gasteiger partial charge in [-0.1, -0.05) is 11.8 Å². The Labute approximate surface area is 160 Å². The first-order valence-corrected chi connectivity index (χ1v) is 9.35. The van der Waals surface area contributed by atoms with E-state index in [9.17, 15) is 9.59 Å². The number of thioether (sulfide) groups is 1. The van der Waals surface area contributed by atoms with E-state index in [1.54, 1.807) is 36.7 Å². The lowest BCUT2D eigenvalue weighted by Gasteiger charge is -2.19. The summed E-state index contributed by atoms with van der Waals surface area (Å²) in [5.41, 5.74) is 5.80. The van der Waals surface area contributed by atoms with Crippen molar-refractivity contribution in [3.05, 3.63) is 24.0 Å². The normalized spacial score (nSPS) is 13.9. The summed E-state index contributed by atoms with van der Waals surface area (Å²) in [6.07, 6.45) is 0.619. The number of amides is 2. The van der Waals surface area contributed by atoms with Crippen LogP contribution < -0.4 is 20.5 Å². The van der Waals surface area contributed by atoms with E-state index in [4.69, 9.17) is 15.2 Å². The molecular formula is C17H21N5O4S. The lowest BCUT2D eigenvalue weighted by molar-refractivity contribution is -0.118. The molecule has 3 N–H and O–H groups in total. The smallest absolute Gasteiger partial charge is 0.237 e. The third kappa shape index (κ3) is 4.70. The van der Waals surface area contributed by atoms with Crippen LogP contribution >= 0.6 is 11.8 Å². The van der Waals surface area contributed by atoms with Crippen molar-refractivity contribution in [2.24, 2.45) is 12.8 Å². The average molecular weight is 391 g/mol. The number of rotatable bonds is 7. The molecule has 1 aliphatic heterocycles. The number of aryl methyl sites for hydroxylation is 1. The van der Waals surface area contributed by atoms with Gasteiger partial charge < -0.3 is 25.1 Å². The van der Waals surface area contributed by atoms with Crippen LogP contribution in [0, 0.1) is 0 Å². The number of hydrogen-bond donors (Lipinski definition) is 2. The van der Waals surface area contributed by atoms with E-state index in [1.165, 1.54) is 11.8 Å². The number of carbonyl (C=O) groups excluding carboxylic acids is 2. The van der Waals surface area contributed by atoms with Crippen LogP contribution in [0.2, 0.25) is 0 Å². The van der Waals surface area contributed by atoms with Gasteiger partial charge in [0.05, 0.1) is 5.25 Å². The minimum Gasteiger partial charge on any atom is -0.486 e. The van der Waals surface area contributed by atoms with Crippen molar-refractivity contribution in [3.63, 3.8) is 0 Å². The molecule has 1 atom stereocenters. The Bertz CT molecular complexity index is 854. The van der Waals surface area contributed by atoms with Gasteiger partial charge >= 0.3 is 0 Å². The molecule has 0 unspecified atom stereocenters. The quantitative estimate of drug-likeness (QED) is 0.678. The van der Waals surface area contributed by atoms with E-state index in [1.807, 2.05) is 0 Å². The molecule has 1 aromatic carbocycles. The van der Waals surface area contributed by atoms with Gasteiger partial charge in [0.15, 0.2) is 16.7 Å². The molecule has 2 heterocycles. The summed E-state index contributed by atoms with van der Waals surface area (Å²) in [7, 11) is 1.80. The van der Waals surface area contributed by atoms with Crippen LogP contribution in [0.25, 0.3) is 0 Å². The zero-order chi connectivity index (χ0) is 19.4. The number of aromatic nitrogens is 3. The van der Waals surface area contributed by atoms with Crippen LogP contribution in [0.3, 0.4) is 0 Å². The first kappa shape index (κ1) is 19.0. The molecule has 10 heteroatoms. The van der Waals surface area contributed by atoms with Gasteiger partial charge in [0.25, 0.3) is 0 Å². The molecule has 0 aliphatic carbocycles. The number of primary amides is 1. The predicted molar refractivity (Wildman–Crippen MR) is 99.9 cm³/mol. The fraction of sp³-hybridized carbons (Fsp3) is 0.412. The minimum absolute atomic E-state index is 0.168. The molecule has 3 rings (SSSR count). The zero-order valence-electron chi connectivity index (χ0n) is 15.1. The Balaban J connectivity index is 1.60. The van der Waals surface area contributed by atoms with Crippen molar-refractivity contribution in [1.29, 1.82) is 0 Å². The number of nitrogens with zero attached hydrogens (tertiary/aromatic N) is 3. The molecule has 144 valence electrons. The standard InChI is InChI=1S/C17H21N5O4S/c1-10(27-17-21-20-15(22(17)2)6-5-14(18)23)16(24)19-11-3-4-12-13(9-11)26-8-7-25-12/h3-4,9-10H,5-8H2,1-2H3,(H2,18,23)(H,19,24)/t10-/m0/s1. The molecule has 2 aromatic rings. The van der Waals surface area contributed by atoms with Crippen molar-refractivity contribution in [1.82, 2.24) is 14.8 Å². The third-order valence-electron chi connectivity index (χ3n) is 3.98. The lowest BCUT2D eigenvalue weighted by atomic mass is 10.2. The van der Waals surface area contributed by atoms with E-state index in [2.05, 4.69) is 15.5 Å². The van der Waals surface area contributed by atoms with E-state index in [-0.39, 0.29) is 18.2 Å². The largest absolute Gasteiger partial charge is 0.486 e. The van der Waals surface area contributed by atoms with Crippen LogP contribution in [0.15, 0.2) is 23.4 Å². The number of anilines is 1. The van der Waals surface area contributed by atoms with Crippen molar-refractivity contribution in [3.8, 4) is 11.5 Å². The Morgan fingerprint density at radius 1 is 1.30 bits per heavy atom. The molecule has 0 saturated heterocycles. The molecule has 1 aromatic heterocycles. The van der Waals surface area contributed by atoms with Crippen LogP contribution in [-0.2, 0) is 23.1 Å². The number of fused-ring (bicyclic) bond motifs is 1. The molecule has 0 fully saturated rings. The van der Waals surface area contributed by atoms with Gasteiger partial charge in [0, 0.05) is 31.6 Å². The summed E-state index contributed by atoms with van der Waals surface area (Å²) in [5, 5.41) is 11.2. The average Bonchev–Trinajstić information content (AvgIpc) is 2.99. The Hall–Kier alpha value is -2.75. The van der Waals surface area contributed by atoms with Gasteiger partial charge in [-0.15, -0.1) is 10.2 Å². The topological polar surface area (TPSA) is 121 Å². The van der Waals surface area contributed by atoms with Crippen LogP contribution in [-0.4, -0.2) is 45.0 Å². The number of carbonyl (C=O) groups is 2. The van der Waals surface area contributed by atoms with Gasteiger partial charge in [-0.2, -0.15) is 0 Å². The Morgan fingerprint density at radius 3 is 2.78 bits per heavy atom. The first-order chi connectivity index (χ1) is 12.9. The molecule has 27 heavy (non-hydrogen) atoms. The second kappa shape index (κ2) is 8.30.